The average molecular weight is 314 g/mol. The summed E-state index contributed by atoms with van der Waals surface area (Å²) in [7, 11) is 0. The van der Waals surface area contributed by atoms with Gasteiger partial charge in [0, 0.05) is 26.2 Å². The molecule has 0 aliphatic carbocycles. The highest BCUT2D eigenvalue weighted by atomic mass is 16.6. The van der Waals surface area contributed by atoms with Crippen LogP contribution in [0.1, 0.15) is 33.6 Å². The molecule has 6 heteroatoms. The highest BCUT2D eigenvalue weighted by molar-refractivity contribution is 5.68. The van der Waals surface area contributed by atoms with E-state index in [1.54, 1.807) is 4.90 Å². The molecule has 2 unspecified atom stereocenters. The maximum atomic E-state index is 12.3. The molecule has 22 heavy (non-hydrogen) atoms. The van der Waals surface area contributed by atoms with Gasteiger partial charge in [-0.1, -0.05) is 0 Å². The zero-order valence-corrected chi connectivity index (χ0v) is 14.1. The van der Waals surface area contributed by atoms with E-state index in [0.717, 1.165) is 32.7 Å². The molecule has 2 aliphatic heterocycles. The zero-order chi connectivity index (χ0) is 16.0. The molecule has 0 radical (unpaired) electrons. The smallest absolute Gasteiger partial charge is 0.410 e. The number of carbonyl (C=O) groups excluding carboxylic acids is 1. The standard InChI is InChI=1S/C16H30N2O4/c1-16(2,3)22-15(19)18-6-8-21-12-14(18)10-17-9-13-5-4-7-20-11-13/h13-14,17H,4-12H2,1-3H3. The number of carbonyl (C=O) groups is 1. The van der Waals surface area contributed by atoms with Crippen LogP contribution in [0.25, 0.3) is 0 Å². The fourth-order valence-electron chi connectivity index (χ4n) is 2.81. The summed E-state index contributed by atoms with van der Waals surface area (Å²) in [6, 6.07) is 0.0353. The van der Waals surface area contributed by atoms with Gasteiger partial charge in [-0.2, -0.15) is 0 Å². The predicted octanol–water partition coefficient (Wildman–Crippen LogP) is 1.64. The predicted molar refractivity (Wildman–Crippen MR) is 84.0 cm³/mol. The van der Waals surface area contributed by atoms with Crippen molar-refractivity contribution in [2.24, 2.45) is 5.92 Å². The minimum Gasteiger partial charge on any atom is -0.444 e. The summed E-state index contributed by atoms with van der Waals surface area (Å²) in [6.07, 6.45) is 2.11. The van der Waals surface area contributed by atoms with E-state index in [2.05, 4.69) is 5.32 Å². The van der Waals surface area contributed by atoms with Gasteiger partial charge in [-0.05, 0) is 39.5 Å². The van der Waals surface area contributed by atoms with Crippen molar-refractivity contribution in [2.75, 3.05) is 46.1 Å². The molecule has 0 bridgehead atoms. The highest BCUT2D eigenvalue weighted by Gasteiger charge is 2.30. The summed E-state index contributed by atoms with van der Waals surface area (Å²) >= 11 is 0. The molecule has 2 heterocycles. The summed E-state index contributed by atoms with van der Waals surface area (Å²) in [4.78, 5) is 14.1. The Morgan fingerprint density at radius 2 is 2.00 bits per heavy atom. The Morgan fingerprint density at radius 3 is 2.68 bits per heavy atom. The van der Waals surface area contributed by atoms with Gasteiger partial charge in [-0.3, -0.25) is 4.90 Å². The Hall–Kier alpha value is -0.850. The van der Waals surface area contributed by atoms with E-state index in [4.69, 9.17) is 14.2 Å². The Labute approximate surface area is 133 Å². The first-order valence-corrected chi connectivity index (χ1v) is 8.31. The van der Waals surface area contributed by atoms with Crippen LogP contribution in [0, 0.1) is 5.92 Å². The van der Waals surface area contributed by atoms with Gasteiger partial charge in [0.25, 0.3) is 0 Å². The van der Waals surface area contributed by atoms with Crippen molar-refractivity contribution >= 4 is 6.09 Å². The average Bonchev–Trinajstić information content (AvgIpc) is 2.47. The van der Waals surface area contributed by atoms with Crippen LogP contribution in [0.4, 0.5) is 4.79 Å². The monoisotopic (exact) mass is 314 g/mol. The van der Waals surface area contributed by atoms with E-state index >= 15 is 0 Å². The third-order valence-corrected chi connectivity index (χ3v) is 3.92. The molecule has 0 aromatic heterocycles. The first kappa shape index (κ1) is 17.5. The largest absolute Gasteiger partial charge is 0.444 e. The minimum absolute atomic E-state index is 0.0353. The van der Waals surface area contributed by atoms with Crippen LogP contribution >= 0.6 is 0 Å². The Bertz CT molecular complexity index is 351. The first-order chi connectivity index (χ1) is 10.5. The second-order valence-electron chi connectivity index (χ2n) is 7.14. The van der Waals surface area contributed by atoms with Crippen LogP contribution < -0.4 is 5.32 Å². The maximum absolute atomic E-state index is 12.3. The quantitative estimate of drug-likeness (QED) is 0.855. The van der Waals surface area contributed by atoms with Gasteiger partial charge >= 0.3 is 6.09 Å². The number of ether oxygens (including phenoxy) is 3. The van der Waals surface area contributed by atoms with E-state index in [1.807, 2.05) is 20.8 Å². The number of rotatable bonds is 4. The number of morpholine rings is 1. The van der Waals surface area contributed by atoms with E-state index in [0.29, 0.717) is 25.7 Å². The van der Waals surface area contributed by atoms with E-state index in [1.165, 1.54) is 6.42 Å². The summed E-state index contributed by atoms with van der Waals surface area (Å²) in [5.41, 5.74) is -0.465. The van der Waals surface area contributed by atoms with Gasteiger partial charge in [0.15, 0.2) is 0 Å². The van der Waals surface area contributed by atoms with E-state index in [9.17, 15) is 4.79 Å². The molecular formula is C16H30N2O4. The molecule has 1 N–H and O–H groups in total. The van der Waals surface area contributed by atoms with Crippen LogP contribution in [-0.4, -0.2) is 68.7 Å². The molecule has 0 spiro atoms. The van der Waals surface area contributed by atoms with E-state index < -0.39 is 5.60 Å². The van der Waals surface area contributed by atoms with Gasteiger partial charge in [-0.25, -0.2) is 4.79 Å². The molecular weight excluding hydrogens is 284 g/mol. The molecule has 1 amide bonds. The summed E-state index contributed by atoms with van der Waals surface area (Å²) in [5.74, 6) is 0.577. The molecule has 2 saturated heterocycles. The molecule has 0 saturated carbocycles. The lowest BCUT2D eigenvalue weighted by Crippen LogP contribution is -2.54. The van der Waals surface area contributed by atoms with Crippen molar-refractivity contribution in [3.63, 3.8) is 0 Å². The fraction of sp³-hybridized carbons (Fsp3) is 0.938. The second-order valence-corrected chi connectivity index (χ2v) is 7.14. The topological polar surface area (TPSA) is 60.0 Å². The molecule has 0 aromatic rings. The SMILES string of the molecule is CC(C)(C)OC(=O)N1CCOCC1CNCC1CCCOC1. The minimum atomic E-state index is -0.465. The molecule has 2 aliphatic rings. The molecule has 2 rings (SSSR count). The molecule has 2 atom stereocenters. The van der Waals surface area contributed by atoms with Crippen LogP contribution in [0.15, 0.2) is 0 Å². The van der Waals surface area contributed by atoms with Gasteiger partial charge in [0.2, 0.25) is 0 Å². The maximum Gasteiger partial charge on any atom is 0.410 e. The third-order valence-electron chi connectivity index (χ3n) is 3.92. The van der Waals surface area contributed by atoms with Crippen molar-refractivity contribution in [1.29, 1.82) is 0 Å². The molecule has 6 nitrogen and oxygen atoms in total. The van der Waals surface area contributed by atoms with Crippen molar-refractivity contribution < 1.29 is 19.0 Å². The summed E-state index contributed by atoms with van der Waals surface area (Å²) < 4.78 is 16.5. The van der Waals surface area contributed by atoms with Gasteiger partial charge in [0.05, 0.1) is 25.9 Å². The first-order valence-electron chi connectivity index (χ1n) is 8.31. The Kier molecular flexibility index (Phi) is 6.47. The van der Waals surface area contributed by atoms with Gasteiger partial charge in [0.1, 0.15) is 5.60 Å². The van der Waals surface area contributed by atoms with Crippen LogP contribution in [0.3, 0.4) is 0 Å². The molecule has 128 valence electrons. The van der Waals surface area contributed by atoms with Crippen LogP contribution in [0.5, 0.6) is 0 Å². The van der Waals surface area contributed by atoms with Crippen molar-refractivity contribution in [3.8, 4) is 0 Å². The highest BCUT2D eigenvalue weighted by Crippen LogP contribution is 2.15. The normalized spacial score (nSPS) is 26.8. The lowest BCUT2D eigenvalue weighted by molar-refractivity contribution is -0.0322. The van der Waals surface area contributed by atoms with Crippen molar-refractivity contribution in [2.45, 2.75) is 45.3 Å². The number of nitrogens with zero attached hydrogens (tertiary/aromatic N) is 1. The van der Waals surface area contributed by atoms with Gasteiger partial charge in [-0.15, -0.1) is 0 Å². The number of nitrogens with one attached hydrogen (secondary N) is 1. The molecule has 2 fully saturated rings. The fourth-order valence-corrected chi connectivity index (χ4v) is 2.81. The van der Waals surface area contributed by atoms with Crippen LogP contribution in [-0.2, 0) is 14.2 Å². The van der Waals surface area contributed by atoms with E-state index in [-0.39, 0.29) is 12.1 Å². The lowest BCUT2D eigenvalue weighted by Gasteiger charge is -2.37. The summed E-state index contributed by atoms with van der Waals surface area (Å²) in [6.45, 7) is 10.8. The van der Waals surface area contributed by atoms with Crippen molar-refractivity contribution in [1.82, 2.24) is 10.2 Å². The Morgan fingerprint density at radius 1 is 1.23 bits per heavy atom. The summed E-state index contributed by atoms with van der Waals surface area (Å²) in [5, 5.41) is 3.46. The molecule has 0 aromatic carbocycles. The van der Waals surface area contributed by atoms with Crippen LogP contribution in [0.2, 0.25) is 0 Å². The lowest BCUT2D eigenvalue weighted by atomic mass is 10.0. The number of amides is 1. The third kappa shape index (κ3) is 5.74. The van der Waals surface area contributed by atoms with Crippen molar-refractivity contribution in [3.05, 3.63) is 0 Å². The zero-order valence-electron chi connectivity index (χ0n) is 14.1. The second kappa shape index (κ2) is 8.13. The number of hydrogen-bond donors (Lipinski definition) is 1. The Balaban J connectivity index is 1.77. The van der Waals surface area contributed by atoms with Gasteiger partial charge < -0.3 is 19.5 Å². The number of hydrogen-bond acceptors (Lipinski definition) is 5.